The Balaban J connectivity index is 2.73. The van der Waals surface area contributed by atoms with Crippen molar-refractivity contribution in [1.82, 2.24) is 0 Å². The van der Waals surface area contributed by atoms with Crippen LogP contribution >= 0.6 is 0 Å². The highest BCUT2D eigenvalue weighted by Gasteiger charge is 2.38. The number of unbranched alkanes of at least 4 members (excludes halogenated alkanes) is 5. The molecule has 0 saturated carbocycles. The molecule has 1 unspecified atom stereocenters. The highest BCUT2D eigenvalue weighted by atomic mass is 19.1. The van der Waals surface area contributed by atoms with Gasteiger partial charge in [-0.1, -0.05) is 57.6 Å². The molecule has 0 saturated heterocycles. The van der Waals surface area contributed by atoms with E-state index in [2.05, 4.69) is 6.92 Å². The van der Waals surface area contributed by atoms with Crippen molar-refractivity contribution in [1.29, 1.82) is 0 Å². The Bertz CT molecular complexity index is 450. The fourth-order valence-electron chi connectivity index (χ4n) is 2.68. The Morgan fingerprint density at radius 1 is 1.24 bits per heavy atom. The van der Waals surface area contributed by atoms with Gasteiger partial charge in [-0.2, -0.15) is 0 Å². The molecular formula is C17H26FNO2. The van der Waals surface area contributed by atoms with Crippen molar-refractivity contribution < 1.29 is 14.3 Å². The van der Waals surface area contributed by atoms with Crippen LogP contribution < -0.4 is 5.73 Å². The zero-order valence-electron chi connectivity index (χ0n) is 12.8. The van der Waals surface area contributed by atoms with Crippen LogP contribution in [0.25, 0.3) is 0 Å². The lowest BCUT2D eigenvalue weighted by Crippen LogP contribution is -2.43. The topological polar surface area (TPSA) is 63.3 Å². The first-order valence-corrected chi connectivity index (χ1v) is 7.76. The summed E-state index contributed by atoms with van der Waals surface area (Å²) in [6.07, 6.45) is 6.93. The summed E-state index contributed by atoms with van der Waals surface area (Å²) in [7, 11) is 0. The van der Waals surface area contributed by atoms with E-state index in [-0.39, 0.29) is 6.54 Å². The molecule has 0 heterocycles. The highest BCUT2D eigenvalue weighted by molar-refractivity contribution is 5.81. The molecule has 0 bridgehead atoms. The van der Waals surface area contributed by atoms with Gasteiger partial charge in [0, 0.05) is 6.54 Å². The number of rotatable bonds is 10. The Morgan fingerprint density at radius 2 is 1.90 bits per heavy atom. The Kier molecular flexibility index (Phi) is 7.37. The van der Waals surface area contributed by atoms with Gasteiger partial charge in [-0.15, -0.1) is 0 Å². The monoisotopic (exact) mass is 295 g/mol. The minimum absolute atomic E-state index is 0.0131. The molecule has 1 atom stereocenters. The Labute approximate surface area is 126 Å². The van der Waals surface area contributed by atoms with Crippen LogP contribution in [0.2, 0.25) is 0 Å². The summed E-state index contributed by atoms with van der Waals surface area (Å²) in [5.41, 5.74) is 5.04. The van der Waals surface area contributed by atoms with Crippen LogP contribution in [-0.2, 0) is 10.2 Å². The largest absolute Gasteiger partial charge is 0.481 e. The molecule has 0 spiro atoms. The third-order valence-electron chi connectivity index (χ3n) is 4.09. The molecule has 21 heavy (non-hydrogen) atoms. The van der Waals surface area contributed by atoms with Gasteiger partial charge in [0.05, 0.1) is 0 Å². The first-order chi connectivity index (χ1) is 10.1. The number of carboxylic acid groups (broad SMARTS) is 1. The summed E-state index contributed by atoms with van der Waals surface area (Å²) in [6.45, 7) is 2.15. The number of hydrogen-bond acceptors (Lipinski definition) is 2. The summed E-state index contributed by atoms with van der Waals surface area (Å²) >= 11 is 0. The smallest absolute Gasteiger partial charge is 0.315 e. The van der Waals surface area contributed by atoms with Crippen LogP contribution in [0.15, 0.2) is 24.3 Å². The third-order valence-corrected chi connectivity index (χ3v) is 4.09. The fourth-order valence-corrected chi connectivity index (χ4v) is 2.68. The minimum atomic E-state index is -1.17. The van der Waals surface area contributed by atoms with Crippen molar-refractivity contribution in [2.45, 2.75) is 57.3 Å². The molecule has 0 radical (unpaired) electrons. The number of halogens is 1. The Hall–Kier alpha value is -1.42. The average Bonchev–Trinajstić information content (AvgIpc) is 2.46. The van der Waals surface area contributed by atoms with E-state index in [0.29, 0.717) is 12.0 Å². The van der Waals surface area contributed by atoms with Crippen molar-refractivity contribution in [3.63, 3.8) is 0 Å². The van der Waals surface area contributed by atoms with Gasteiger partial charge < -0.3 is 10.8 Å². The third kappa shape index (κ3) is 4.81. The van der Waals surface area contributed by atoms with E-state index in [4.69, 9.17) is 5.73 Å². The van der Waals surface area contributed by atoms with E-state index < -0.39 is 17.2 Å². The van der Waals surface area contributed by atoms with Gasteiger partial charge >= 0.3 is 5.97 Å². The summed E-state index contributed by atoms with van der Waals surface area (Å²) in [4.78, 5) is 11.7. The number of aliphatic carboxylic acids is 1. The SMILES string of the molecule is CCCCCCCCC(CN)(C(=O)O)c1cccc(F)c1. The number of benzene rings is 1. The van der Waals surface area contributed by atoms with Crippen LogP contribution in [0.1, 0.15) is 57.4 Å². The van der Waals surface area contributed by atoms with Gasteiger partial charge in [0.2, 0.25) is 0 Å². The molecule has 0 aliphatic rings. The molecule has 0 aromatic heterocycles. The maximum absolute atomic E-state index is 13.4. The van der Waals surface area contributed by atoms with Gasteiger partial charge in [-0.3, -0.25) is 4.79 Å². The first-order valence-electron chi connectivity index (χ1n) is 7.76. The van der Waals surface area contributed by atoms with Crippen molar-refractivity contribution in [3.05, 3.63) is 35.6 Å². The number of carboxylic acids is 1. The quantitative estimate of drug-likeness (QED) is 0.644. The lowest BCUT2D eigenvalue weighted by Gasteiger charge is -2.28. The minimum Gasteiger partial charge on any atom is -0.481 e. The molecule has 0 aliphatic heterocycles. The molecule has 0 aliphatic carbocycles. The maximum Gasteiger partial charge on any atom is 0.315 e. The Morgan fingerprint density at radius 3 is 2.48 bits per heavy atom. The predicted octanol–water partition coefficient (Wildman–Crippen LogP) is 3.86. The molecule has 0 fully saturated rings. The molecule has 3 nitrogen and oxygen atoms in total. The zero-order valence-corrected chi connectivity index (χ0v) is 12.8. The van der Waals surface area contributed by atoms with Crippen molar-refractivity contribution in [3.8, 4) is 0 Å². The standard InChI is InChI=1S/C17H26FNO2/c1-2-3-4-5-6-7-11-17(13-19,16(20)21)14-9-8-10-15(18)12-14/h8-10,12H,2-7,11,13,19H2,1H3,(H,20,21). The fraction of sp³-hybridized carbons (Fsp3) is 0.588. The van der Waals surface area contributed by atoms with Crippen LogP contribution in [-0.4, -0.2) is 17.6 Å². The predicted molar refractivity (Wildman–Crippen MR) is 82.8 cm³/mol. The van der Waals surface area contributed by atoms with Crippen LogP contribution in [0.5, 0.6) is 0 Å². The normalized spacial score (nSPS) is 13.9. The van der Waals surface area contributed by atoms with Gasteiger partial charge in [0.15, 0.2) is 0 Å². The second-order valence-corrected chi connectivity index (χ2v) is 5.62. The van der Waals surface area contributed by atoms with Crippen LogP contribution in [0.3, 0.4) is 0 Å². The van der Waals surface area contributed by atoms with E-state index in [1.54, 1.807) is 12.1 Å². The number of hydrogen-bond donors (Lipinski definition) is 2. The molecule has 1 aromatic rings. The van der Waals surface area contributed by atoms with Crippen LogP contribution in [0, 0.1) is 5.82 Å². The van der Waals surface area contributed by atoms with E-state index in [1.807, 2.05) is 0 Å². The van der Waals surface area contributed by atoms with E-state index in [0.717, 1.165) is 19.3 Å². The van der Waals surface area contributed by atoms with Crippen molar-refractivity contribution in [2.75, 3.05) is 6.54 Å². The van der Waals surface area contributed by atoms with Crippen molar-refractivity contribution in [2.24, 2.45) is 5.73 Å². The lowest BCUT2D eigenvalue weighted by atomic mass is 9.76. The summed E-state index contributed by atoms with van der Waals surface area (Å²) in [5.74, 6) is -1.39. The molecule has 118 valence electrons. The summed E-state index contributed by atoms with van der Waals surface area (Å²) in [6, 6.07) is 5.80. The van der Waals surface area contributed by atoms with E-state index in [9.17, 15) is 14.3 Å². The van der Waals surface area contributed by atoms with E-state index >= 15 is 0 Å². The molecule has 4 heteroatoms. The molecular weight excluding hydrogens is 269 g/mol. The van der Waals surface area contributed by atoms with Gasteiger partial charge in [-0.25, -0.2) is 4.39 Å². The van der Waals surface area contributed by atoms with E-state index in [1.165, 1.54) is 31.4 Å². The molecule has 0 amide bonds. The van der Waals surface area contributed by atoms with Gasteiger partial charge in [0.25, 0.3) is 0 Å². The molecule has 1 aromatic carbocycles. The zero-order chi connectivity index (χ0) is 15.7. The summed E-state index contributed by atoms with van der Waals surface area (Å²) in [5, 5.41) is 9.61. The van der Waals surface area contributed by atoms with Crippen molar-refractivity contribution >= 4 is 5.97 Å². The summed E-state index contributed by atoms with van der Waals surface area (Å²) < 4.78 is 13.4. The second-order valence-electron chi connectivity index (χ2n) is 5.62. The highest BCUT2D eigenvalue weighted by Crippen LogP contribution is 2.30. The van der Waals surface area contributed by atoms with Gasteiger partial charge in [-0.05, 0) is 24.1 Å². The molecule has 1 rings (SSSR count). The molecule has 3 N–H and O–H groups in total. The average molecular weight is 295 g/mol. The maximum atomic E-state index is 13.4. The van der Waals surface area contributed by atoms with Gasteiger partial charge in [0.1, 0.15) is 11.2 Å². The first kappa shape index (κ1) is 17.6. The lowest BCUT2D eigenvalue weighted by molar-refractivity contribution is -0.143. The van der Waals surface area contributed by atoms with Crippen LogP contribution in [0.4, 0.5) is 4.39 Å². The second kappa shape index (κ2) is 8.78. The number of nitrogens with two attached hydrogens (primary N) is 1. The number of carbonyl (C=O) groups is 1.